The van der Waals surface area contributed by atoms with Crippen LogP contribution in [-0.4, -0.2) is 35.3 Å². The Balaban J connectivity index is 2.11. The van der Waals surface area contributed by atoms with E-state index < -0.39 is 5.78 Å². The molecule has 0 unspecified atom stereocenters. The lowest BCUT2D eigenvalue weighted by molar-refractivity contribution is -0.110. The number of allylic oxidation sites excluding steroid dienone is 3. The van der Waals surface area contributed by atoms with Gasteiger partial charge in [0.05, 0.1) is 14.2 Å². The highest BCUT2D eigenvalue weighted by Gasteiger charge is 2.03. The van der Waals surface area contributed by atoms with Crippen molar-refractivity contribution < 1.29 is 29.6 Å². The van der Waals surface area contributed by atoms with Crippen LogP contribution in [0.3, 0.4) is 0 Å². The van der Waals surface area contributed by atoms with Crippen molar-refractivity contribution in [1.82, 2.24) is 0 Å². The van der Waals surface area contributed by atoms with Crippen LogP contribution in [0.15, 0.2) is 60.4 Å². The standard InChI is InChI=1S/C21H20O6/c1-26-20-12-18(24)9-5-14(20)3-7-16(22)11-17(23)8-4-15-6-10-19(25)13-21(15)27-2/h3-13,22,24-25H,1-2H3/b7-3+,8-4+,16-11?. The van der Waals surface area contributed by atoms with Crippen molar-refractivity contribution in [2.75, 3.05) is 14.2 Å². The van der Waals surface area contributed by atoms with Crippen LogP contribution in [0.5, 0.6) is 23.0 Å². The molecule has 2 rings (SSSR count). The van der Waals surface area contributed by atoms with Crippen LogP contribution in [-0.2, 0) is 4.79 Å². The van der Waals surface area contributed by atoms with Gasteiger partial charge in [-0.25, -0.2) is 0 Å². The smallest absolute Gasteiger partial charge is 0.182 e. The molecule has 0 saturated carbocycles. The minimum atomic E-state index is -0.426. The highest BCUT2D eigenvalue weighted by atomic mass is 16.5. The average molecular weight is 368 g/mol. The summed E-state index contributed by atoms with van der Waals surface area (Å²) in [6.07, 6.45) is 6.77. The first kappa shape index (κ1) is 19.7. The summed E-state index contributed by atoms with van der Waals surface area (Å²) in [6, 6.07) is 9.08. The number of aliphatic hydroxyl groups is 1. The number of phenols is 2. The Morgan fingerprint density at radius 2 is 1.33 bits per heavy atom. The summed E-state index contributed by atoms with van der Waals surface area (Å²) >= 11 is 0. The van der Waals surface area contributed by atoms with Gasteiger partial charge in [-0.05, 0) is 48.6 Å². The van der Waals surface area contributed by atoms with Gasteiger partial charge in [0.15, 0.2) is 5.78 Å². The van der Waals surface area contributed by atoms with Gasteiger partial charge in [0, 0.05) is 29.3 Å². The number of carbonyl (C=O) groups is 1. The topological polar surface area (TPSA) is 96.2 Å². The fourth-order valence-corrected chi connectivity index (χ4v) is 2.26. The molecule has 0 fully saturated rings. The van der Waals surface area contributed by atoms with E-state index in [9.17, 15) is 20.1 Å². The van der Waals surface area contributed by atoms with Crippen LogP contribution in [0.2, 0.25) is 0 Å². The van der Waals surface area contributed by atoms with E-state index in [0.717, 1.165) is 6.08 Å². The molecule has 0 aromatic heterocycles. The van der Waals surface area contributed by atoms with E-state index >= 15 is 0 Å². The molecule has 0 aliphatic rings. The summed E-state index contributed by atoms with van der Waals surface area (Å²) in [7, 11) is 2.93. The summed E-state index contributed by atoms with van der Waals surface area (Å²) in [4.78, 5) is 12.0. The van der Waals surface area contributed by atoms with Crippen LogP contribution < -0.4 is 9.47 Å². The van der Waals surface area contributed by atoms with Crippen molar-refractivity contribution in [3.8, 4) is 23.0 Å². The molecule has 0 radical (unpaired) electrons. The highest BCUT2D eigenvalue weighted by Crippen LogP contribution is 2.26. The van der Waals surface area contributed by atoms with Crippen LogP contribution in [0.4, 0.5) is 0 Å². The number of hydrogen-bond donors (Lipinski definition) is 3. The molecule has 0 amide bonds. The fourth-order valence-electron chi connectivity index (χ4n) is 2.26. The summed E-state index contributed by atoms with van der Waals surface area (Å²) in [5.74, 6) is 0.315. The van der Waals surface area contributed by atoms with E-state index in [1.54, 1.807) is 18.2 Å². The third-order valence-corrected chi connectivity index (χ3v) is 3.59. The molecule has 0 aliphatic carbocycles. The summed E-state index contributed by atoms with van der Waals surface area (Å²) in [5, 5.41) is 28.8. The van der Waals surface area contributed by atoms with Gasteiger partial charge in [-0.1, -0.05) is 0 Å². The number of ether oxygens (including phenoxy) is 2. The molecule has 6 nitrogen and oxygen atoms in total. The summed E-state index contributed by atoms with van der Waals surface area (Å²) in [6.45, 7) is 0. The minimum absolute atomic E-state index is 0.0580. The maximum atomic E-state index is 12.0. The quantitative estimate of drug-likeness (QED) is 0.390. The fraction of sp³-hybridized carbons (Fsp3) is 0.0952. The first-order chi connectivity index (χ1) is 12.9. The van der Waals surface area contributed by atoms with Gasteiger partial charge >= 0.3 is 0 Å². The van der Waals surface area contributed by atoms with Gasteiger partial charge in [-0.3, -0.25) is 4.79 Å². The average Bonchev–Trinajstić information content (AvgIpc) is 2.65. The molecule has 3 N–H and O–H groups in total. The molecule has 2 aromatic rings. The molecule has 140 valence electrons. The Labute approximate surface area is 156 Å². The first-order valence-electron chi connectivity index (χ1n) is 7.97. The van der Waals surface area contributed by atoms with E-state index in [0.29, 0.717) is 22.6 Å². The molecule has 0 saturated heterocycles. The Morgan fingerprint density at radius 3 is 1.81 bits per heavy atom. The van der Waals surface area contributed by atoms with Crippen LogP contribution >= 0.6 is 0 Å². The minimum Gasteiger partial charge on any atom is -0.508 e. The predicted molar refractivity (Wildman–Crippen MR) is 103 cm³/mol. The number of carbonyl (C=O) groups excluding carboxylic acids is 1. The van der Waals surface area contributed by atoms with E-state index in [1.165, 1.54) is 56.7 Å². The Hall–Kier alpha value is -3.67. The zero-order chi connectivity index (χ0) is 19.8. The van der Waals surface area contributed by atoms with Crippen molar-refractivity contribution in [3.05, 3.63) is 71.5 Å². The first-order valence-corrected chi connectivity index (χ1v) is 7.97. The summed E-state index contributed by atoms with van der Waals surface area (Å²) in [5.41, 5.74) is 1.24. The van der Waals surface area contributed by atoms with E-state index in [4.69, 9.17) is 9.47 Å². The molecule has 2 aromatic carbocycles. The lowest BCUT2D eigenvalue weighted by atomic mass is 10.1. The van der Waals surface area contributed by atoms with E-state index in [-0.39, 0.29) is 17.3 Å². The second kappa shape index (κ2) is 9.15. The van der Waals surface area contributed by atoms with Gasteiger partial charge < -0.3 is 24.8 Å². The monoisotopic (exact) mass is 368 g/mol. The maximum Gasteiger partial charge on any atom is 0.182 e. The number of methoxy groups -OCH3 is 2. The van der Waals surface area contributed by atoms with Crippen molar-refractivity contribution in [3.63, 3.8) is 0 Å². The second-order valence-corrected chi connectivity index (χ2v) is 5.49. The SMILES string of the molecule is COc1cc(O)ccc1/C=C/C(=O)C=C(O)/C=C/c1ccc(O)cc1OC. The van der Waals surface area contributed by atoms with Gasteiger partial charge in [-0.15, -0.1) is 0 Å². The van der Waals surface area contributed by atoms with Crippen molar-refractivity contribution in [2.45, 2.75) is 0 Å². The largest absolute Gasteiger partial charge is 0.508 e. The maximum absolute atomic E-state index is 12.0. The number of benzene rings is 2. The zero-order valence-electron chi connectivity index (χ0n) is 14.9. The molecule has 0 heterocycles. The number of hydrogen-bond acceptors (Lipinski definition) is 6. The Morgan fingerprint density at radius 1 is 0.852 bits per heavy atom. The second-order valence-electron chi connectivity index (χ2n) is 5.49. The molecule has 0 spiro atoms. The van der Waals surface area contributed by atoms with E-state index in [2.05, 4.69) is 0 Å². The predicted octanol–water partition coefficient (Wildman–Crippen LogP) is 3.85. The lowest BCUT2D eigenvalue weighted by Crippen LogP contribution is -1.90. The Bertz CT molecular complexity index is 909. The van der Waals surface area contributed by atoms with Crippen molar-refractivity contribution >= 4 is 17.9 Å². The van der Waals surface area contributed by atoms with E-state index in [1.807, 2.05) is 0 Å². The van der Waals surface area contributed by atoms with Crippen LogP contribution in [0.1, 0.15) is 11.1 Å². The number of phenolic OH excluding ortho intramolecular Hbond substituents is 2. The molecule has 0 bridgehead atoms. The summed E-state index contributed by atoms with van der Waals surface area (Å²) < 4.78 is 10.3. The third kappa shape index (κ3) is 5.67. The van der Waals surface area contributed by atoms with Gasteiger partial charge in [-0.2, -0.15) is 0 Å². The van der Waals surface area contributed by atoms with Crippen molar-refractivity contribution in [2.24, 2.45) is 0 Å². The Kier molecular flexibility index (Phi) is 6.66. The molecular weight excluding hydrogens is 348 g/mol. The zero-order valence-corrected chi connectivity index (χ0v) is 14.9. The van der Waals surface area contributed by atoms with Gasteiger partial charge in [0.25, 0.3) is 0 Å². The number of aromatic hydroxyl groups is 2. The van der Waals surface area contributed by atoms with Crippen LogP contribution in [0.25, 0.3) is 12.2 Å². The molecule has 6 heteroatoms. The molecular formula is C21H20O6. The number of rotatable bonds is 7. The highest BCUT2D eigenvalue weighted by molar-refractivity contribution is 6.02. The number of ketones is 1. The van der Waals surface area contributed by atoms with Gasteiger partial charge in [0.1, 0.15) is 28.8 Å². The number of aliphatic hydroxyl groups excluding tert-OH is 1. The van der Waals surface area contributed by atoms with Gasteiger partial charge in [0.2, 0.25) is 0 Å². The molecule has 0 atom stereocenters. The third-order valence-electron chi connectivity index (χ3n) is 3.59. The molecule has 27 heavy (non-hydrogen) atoms. The lowest BCUT2D eigenvalue weighted by Gasteiger charge is -2.05. The molecule has 0 aliphatic heterocycles. The normalized spacial score (nSPS) is 11.9. The van der Waals surface area contributed by atoms with Crippen LogP contribution in [0, 0.1) is 0 Å². The van der Waals surface area contributed by atoms with Crippen molar-refractivity contribution in [1.29, 1.82) is 0 Å².